The number of ketones is 1. The van der Waals surface area contributed by atoms with E-state index in [2.05, 4.69) is 5.10 Å². The molecule has 0 aromatic heterocycles. The van der Waals surface area contributed by atoms with Crippen molar-refractivity contribution >= 4 is 35.2 Å². The summed E-state index contributed by atoms with van der Waals surface area (Å²) in [6.45, 7) is 1.66. The first kappa shape index (κ1) is 23.2. The summed E-state index contributed by atoms with van der Waals surface area (Å²) in [5.74, 6) is -2.63. The van der Waals surface area contributed by atoms with Gasteiger partial charge < -0.3 is 9.47 Å². The fraction of sp³-hybridized carbons (Fsp3) is 0.280. The third-order valence-corrected chi connectivity index (χ3v) is 6.87. The molecular weight excluding hydrogens is 468 g/mol. The summed E-state index contributed by atoms with van der Waals surface area (Å²) in [6.07, 6.45) is 4.91. The first-order valence-corrected chi connectivity index (χ1v) is 11.2. The van der Waals surface area contributed by atoms with Gasteiger partial charge in [-0.25, -0.2) is 4.90 Å². The third kappa shape index (κ3) is 3.35. The maximum atomic E-state index is 13.8. The predicted octanol–water partition coefficient (Wildman–Crippen LogP) is 2.52. The lowest BCUT2D eigenvalue weighted by atomic mass is 9.86. The number of aryl methyl sites for hydroxylation is 1. The Bertz CT molecular complexity index is 1370. The molecule has 0 unspecified atom stereocenters. The molecule has 5 rings (SSSR count). The average molecular weight is 490 g/mol. The first-order valence-electron chi connectivity index (χ1n) is 11.2. The number of nitro groups is 1. The number of amides is 2. The van der Waals surface area contributed by atoms with Crippen molar-refractivity contribution in [3.63, 3.8) is 0 Å². The van der Waals surface area contributed by atoms with Gasteiger partial charge in [0, 0.05) is 23.9 Å². The molecule has 11 nitrogen and oxygen atoms in total. The Hall–Kier alpha value is -4.54. The van der Waals surface area contributed by atoms with Gasteiger partial charge in [-0.1, -0.05) is 12.1 Å². The standard InChI is InChI=1S/C25H22N4O7/c1-13-6-8-15(29(33)34)12-17(13)27-24(31)20-16-5-4-10-26-28(16)22(21(20)25(27)32)23(30)14-7-9-18(35-2)19(11-14)36-3/h4-12,16,20-22H,1-3H3/t16-,20+,21-,22+/m1/s1. The van der Waals surface area contributed by atoms with Gasteiger partial charge in [0.2, 0.25) is 11.8 Å². The molecule has 3 aliphatic rings. The molecule has 0 radical (unpaired) electrons. The molecule has 2 saturated heterocycles. The van der Waals surface area contributed by atoms with Crippen molar-refractivity contribution in [1.82, 2.24) is 5.01 Å². The van der Waals surface area contributed by atoms with Gasteiger partial charge in [0.05, 0.1) is 42.7 Å². The van der Waals surface area contributed by atoms with Gasteiger partial charge >= 0.3 is 0 Å². The number of benzene rings is 2. The van der Waals surface area contributed by atoms with Crippen molar-refractivity contribution < 1.29 is 28.8 Å². The SMILES string of the molecule is COc1ccc(C(=O)[C@@H]2[C@@H]3C(=O)N(c4cc([N+](=O)[O-])ccc4C)C(=O)[C@H]3[C@H]3C=CC=NN32)cc1OC. The minimum Gasteiger partial charge on any atom is -0.493 e. The van der Waals surface area contributed by atoms with Crippen LogP contribution in [0.25, 0.3) is 0 Å². The van der Waals surface area contributed by atoms with Gasteiger partial charge in [-0.2, -0.15) is 5.10 Å². The lowest BCUT2D eigenvalue weighted by Crippen LogP contribution is -2.46. The van der Waals surface area contributed by atoms with E-state index in [9.17, 15) is 24.5 Å². The van der Waals surface area contributed by atoms with Crippen LogP contribution in [0.15, 0.2) is 53.7 Å². The Labute approximate surface area is 205 Å². The number of rotatable bonds is 6. The van der Waals surface area contributed by atoms with Crippen LogP contribution in [0.5, 0.6) is 11.5 Å². The van der Waals surface area contributed by atoms with Crippen molar-refractivity contribution in [2.75, 3.05) is 19.1 Å². The first-order chi connectivity index (χ1) is 17.3. The van der Waals surface area contributed by atoms with Crippen LogP contribution in [-0.4, -0.2) is 60.0 Å². The summed E-state index contributed by atoms with van der Waals surface area (Å²) >= 11 is 0. The normalized spacial score (nSPS) is 24.1. The van der Waals surface area contributed by atoms with Crippen molar-refractivity contribution in [3.8, 4) is 11.5 Å². The lowest BCUT2D eigenvalue weighted by Gasteiger charge is -2.30. The zero-order valence-electron chi connectivity index (χ0n) is 19.7. The van der Waals surface area contributed by atoms with E-state index in [1.54, 1.807) is 31.2 Å². The summed E-state index contributed by atoms with van der Waals surface area (Å²) in [6, 6.07) is 7.03. The largest absolute Gasteiger partial charge is 0.493 e. The van der Waals surface area contributed by atoms with E-state index in [1.165, 1.54) is 49.7 Å². The van der Waals surface area contributed by atoms with Crippen LogP contribution < -0.4 is 14.4 Å². The molecule has 36 heavy (non-hydrogen) atoms. The molecule has 3 aliphatic heterocycles. The number of hydrogen-bond donors (Lipinski definition) is 0. The van der Waals surface area contributed by atoms with E-state index in [1.807, 2.05) is 0 Å². The Balaban J connectivity index is 1.59. The number of methoxy groups -OCH3 is 2. The zero-order valence-corrected chi connectivity index (χ0v) is 19.7. The molecule has 0 bridgehead atoms. The van der Waals surface area contributed by atoms with Gasteiger partial charge in [0.15, 0.2) is 17.3 Å². The van der Waals surface area contributed by atoms with Gasteiger partial charge in [-0.3, -0.25) is 29.5 Å². The van der Waals surface area contributed by atoms with E-state index < -0.39 is 46.4 Å². The number of non-ortho nitro benzene ring substituents is 1. The topological polar surface area (TPSA) is 132 Å². The summed E-state index contributed by atoms with van der Waals surface area (Å²) < 4.78 is 10.6. The molecule has 4 atom stereocenters. The summed E-state index contributed by atoms with van der Waals surface area (Å²) in [7, 11) is 2.93. The van der Waals surface area contributed by atoms with Gasteiger partial charge in [0.1, 0.15) is 6.04 Å². The number of nitrogens with zero attached hydrogens (tertiary/aromatic N) is 4. The Morgan fingerprint density at radius 3 is 2.44 bits per heavy atom. The second kappa shape index (κ2) is 8.59. The maximum Gasteiger partial charge on any atom is 0.271 e. The number of carbonyl (C=O) groups excluding carboxylic acids is 3. The van der Waals surface area contributed by atoms with Crippen molar-refractivity contribution in [1.29, 1.82) is 0 Å². The highest BCUT2D eigenvalue weighted by Gasteiger charge is 2.64. The monoisotopic (exact) mass is 490 g/mol. The van der Waals surface area contributed by atoms with Crippen molar-refractivity contribution in [2.45, 2.75) is 19.0 Å². The average Bonchev–Trinajstić information content (AvgIpc) is 3.35. The second-order valence-corrected chi connectivity index (χ2v) is 8.69. The number of nitro benzene ring substituents is 1. The van der Waals surface area contributed by atoms with E-state index in [-0.39, 0.29) is 16.9 Å². The summed E-state index contributed by atoms with van der Waals surface area (Å²) in [4.78, 5) is 53.0. The molecule has 11 heteroatoms. The summed E-state index contributed by atoms with van der Waals surface area (Å²) in [5, 5.41) is 17.2. The minimum absolute atomic E-state index is 0.140. The molecule has 0 spiro atoms. The smallest absolute Gasteiger partial charge is 0.271 e. The Morgan fingerprint density at radius 1 is 1.03 bits per heavy atom. The van der Waals surface area contributed by atoms with E-state index >= 15 is 0 Å². The van der Waals surface area contributed by atoms with Crippen LogP contribution in [0.2, 0.25) is 0 Å². The number of imide groups is 1. The third-order valence-electron chi connectivity index (χ3n) is 6.87. The van der Waals surface area contributed by atoms with Crippen LogP contribution in [0.3, 0.4) is 0 Å². The minimum atomic E-state index is -1.06. The summed E-state index contributed by atoms with van der Waals surface area (Å²) in [5.41, 5.74) is 0.696. The van der Waals surface area contributed by atoms with Crippen LogP contribution in [0.1, 0.15) is 15.9 Å². The van der Waals surface area contributed by atoms with Crippen LogP contribution in [0, 0.1) is 28.9 Å². The van der Waals surface area contributed by atoms with E-state index in [0.29, 0.717) is 17.1 Å². The van der Waals surface area contributed by atoms with Crippen molar-refractivity contribution in [2.24, 2.45) is 16.9 Å². The van der Waals surface area contributed by atoms with Gasteiger partial charge in [-0.05, 0) is 36.8 Å². The highest BCUT2D eigenvalue weighted by atomic mass is 16.6. The van der Waals surface area contributed by atoms with Gasteiger partial charge in [-0.15, -0.1) is 0 Å². The quantitative estimate of drug-likeness (QED) is 0.261. The number of fused-ring (bicyclic) bond motifs is 3. The second-order valence-electron chi connectivity index (χ2n) is 8.69. The van der Waals surface area contributed by atoms with E-state index in [0.717, 1.165) is 4.90 Å². The van der Waals surface area contributed by atoms with E-state index in [4.69, 9.17) is 9.47 Å². The molecule has 3 heterocycles. The van der Waals surface area contributed by atoms with Crippen LogP contribution in [0.4, 0.5) is 11.4 Å². The molecular formula is C25H22N4O7. The number of anilines is 1. The number of hydrogen-bond acceptors (Lipinski definition) is 9. The Kier molecular flexibility index (Phi) is 5.54. The molecule has 2 fully saturated rings. The molecule has 0 saturated carbocycles. The molecule has 2 amide bonds. The number of hydrazone groups is 1. The molecule has 184 valence electrons. The van der Waals surface area contributed by atoms with Gasteiger partial charge in [0.25, 0.3) is 5.69 Å². The van der Waals surface area contributed by atoms with Crippen LogP contribution >= 0.6 is 0 Å². The molecule has 0 N–H and O–H groups in total. The molecule has 0 aliphatic carbocycles. The fourth-order valence-electron chi connectivity index (χ4n) is 5.19. The van der Waals surface area contributed by atoms with Crippen molar-refractivity contribution in [3.05, 3.63) is 69.8 Å². The predicted molar refractivity (Wildman–Crippen MR) is 128 cm³/mol. The maximum absolute atomic E-state index is 13.8. The number of Topliss-reactive ketones (excluding diaryl/α,β-unsaturated/α-hetero) is 1. The Morgan fingerprint density at radius 2 is 1.75 bits per heavy atom. The fourth-order valence-corrected chi connectivity index (χ4v) is 5.19. The number of carbonyl (C=O) groups is 3. The van der Waals surface area contributed by atoms with Crippen LogP contribution in [-0.2, 0) is 9.59 Å². The number of allylic oxidation sites excluding steroid dienone is 1. The number of ether oxygens (including phenoxy) is 2. The molecule has 2 aromatic carbocycles. The molecule has 2 aromatic rings. The highest BCUT2D eigenvalue weighted by molar-refractivity contribution is 6.25. The zero-order chi connectivity index (χ0) is 25.7. The lowest BCUT2D eigenvalue weighted by molar-refractivity contribution is -0.384. The highest BCUT2D eigenvalue weighted by Crippen LogP contribution is 2.47.